The SMILES string of the molecule is CC[C@@]1(CO)C[C@@H]2CC[C@H]1N2S(=O)(=O)c1cc(-c2cnc(C)o2)ccc1C. The number of hydrogen-bond donors (Lipinski definition) is 1. The topological polar surface area (TPSA) is 83.6 Å². The van der Waals surface area contributed by atoms with Gasteiger partial charge in [-0.15, -0.1) is 0 Å². The minimum Gasteiger partial charge on any atom is -0.441 e. The Morgan fingerprint density at radius 3 is 2.70 bits per heavy atom. The molecule has 2 aromatic rings. The zero-order valence-corrected chi connectivity index (χ0v) is 16.8. The van der Waals surface area contributed by atoms with E-state index in [-0.39, 0.29) is 24.1 Å². The van der Waals surface area contributed by atoms with Crippen molar-refractivity contribution in [3.63, 3.8) is 0 Å². The predicted molar refractivity (Wildman–Crippen MR) is 102 cm³/mol. The molecule has 1 aromatic carbocycles. The first-order valence-electron chi connectivity index (χ1n) is 9.50. The van der Waals surface area contributed by atoms with Gasteiger partial charge in [0.15, 0.2) is 11.7 Å². The van der Waals surface area contributed by atoms with E-state index in [1.54, 1.807) is 23.5 Å². The quantitative estimate of drug-likeness (QED) is 0.847. The molecule has 2 bridgehead atoms. The summed E-state index contributed by atoms with van der Waals surface area (Å²) >= 11 is 0. The van der Waals surface area contributed by atoms with Gasteiger partial charge in [0.1, 0.15) is 0 Å². The van der Waals surface area contributed by atoms with Gasteiger partial charge in [0, 0.05) is 30.0 Å². The molecule has 0 radical (unpaired) electrons. The van der Waals surface area contributed by atoms with Crippen molar-refractivity contribution >= 4 is 10.0 Å². The lowest BCUT2D eigenvalue weighted by Gasteiger charge is -2.34. The number of rotatable bonds is 5. The van der Waals surface area contributed by atoms with Crippen molar-refractivity contribution in [3.8, 4) is 11.3 Å². The van der Waals surface area contributed by atoms with Gasteiger partial charge in [-0.3, -0.25) is 0 Å². The number of sulfonamides is 1. The highest BCUT2D eigenvalue weighted by Gasteiger charge is 2.58. The number of benzene rings is 1. The van der Waals surface area contributed by atoms with E-state index in [0.29, 0.717) is 27.7 Å². The van der Waals surface area contributed by atoms with Crippen LogP contribution >= 0.6 is 0 Å². The highest BCUT2D eigenvalue weighted by Crippen LogP contribution is 2.53. The minimum absolute atomic E-state index is 0.0253. The third-order valence-corrected chi connectivity index (χ3v) is 8.56. The first kappa shape index (κ1) is 18.7. The Hall–Kier alpha value is -1.70. The molecule has 146 valence electrons. The number of fused-ring (bicyclic) bond motifs is 2. The standard InChI is InChI=1S/C20H26N2O4S/c1-4-20(12-23)10-16-7-8-19(20)22(16)27(24,25)18-9-15(6-5-13(18)2)17-11-21-14(3)26-17/h5-6,9,11,16,19,23H,4,7-8,10,12H2,1-3H3/t16-,19+,20-/m0/s1. The van der Waals surface area contributed by atoms with Crippen LogP contribution in [0.15, 0.2) is 33.7 Å². The van der Waals surface area contributed by atoms with Gasteiger partial charge in [-0.2, -0.15) is 4.31 Å². The summed E-state index contributed by atoms with van der Waals surface area (Å²) in [5, 5.41) is 10.0. The van der Waals surface area contributed by atoms with Crippen LogP contribution in [0.25, 0.3) is 11.3 Å². The second kappa shape index (κ2) is 6.43. The number of oxazole rings is 1. The van der Waals surface area contributed by atoms with E-state index in [1.165, 1.54) is 0 Å². The normalized spacial score (nSPS) is 28.1. The van der Waals surface area contributed by atoms with E-state index in [9.17, 15) is 13.5 Å². The molecule has 1 N–H and O–H groups in total. The molecular formula is C20H26N2O4S. The molecule has 1 aromatic heterocycles. The van der Waals surface area contributed by atoms with Crippen LogP contribution in [0, 0.1) is 19.3 Å². The fraction of sp³-hybridized carbons (Fsp3) is 0.550. The van der Waals surface area contributed by atoms with Gasteiger partial charge in [-0.1, -0.05) is 19.1 Å². The Bertz CT molecular complexity index is 962. The number of hydrogen-bond acceptors (Lipinski definition) is 5. The molecule has 7 heteroatoms. The molecule has 4 rings (SSSR count). The number of aryl methyl sites for hydroxylation is 2. The summed E-state index contributed by atoms with van der Waals surface area (Å²) in [7, 11) is -3.66. The summed E-state index contributed by atoms with van der Waals surface area (Å²) in [6.07, 6.45) is 4.82. The number of aliphatic hydroxyl groups is 1. The largest absolute Gasteiger partial charge is 0.441 e. The van der Waals surface area contributed by atoms with Crippen LogP contribution in [0.5, 0.6) is 0 Å². The van der Waals surface area contributed by atoms with Gasteiger partial charge >= 0.3 is 0 Å². The summed E-state index contributed by atoms with van der Waals surface area (Å²) in [6.45, 7) is 5.66. The molecular weight excluding hydrogens is 364 g/mol. The Kier molecular flexibility index (Phi) is 4.44. The van der Waals surface area contributed by atoms with Crippen molar-refractivity contribution in [1.29, 1.82) is 0 Å². The van der Waals surface area contributed by atoms with Gasteiger partial charge < -0.3 is 9.52 Å². The van der Waals surface area contributed by atoms with Gasteiger partial charge in [0.25, 0.3) is 0 Å². The van der Waals surface area contributed by atoms with Crippen LogP contribution in [0.2, 0.25) is 0 Å². The van der Waals surface area contributed by atoms with Crippen molar-refractivity contribution in [1.82, 2.24) is 9.29 Å². The van der Waals surface area contributed by atoms with Crippen LogP contribution < -0.4 is 0 Å². The number of aromatic nitrogens is 1. The Morgan fingerprint density at radius 1 is 1.33 bits per heavy atom. The van der Waals surface area contributed by atoms with E-state index in [2.05, 4.69) is 4.98 Å². The van der Waals surface area contributed by atoms with E-state index in [1.807, 2.05) is 26.0 Å². The van der Waals surface area contributed by atoms with Crippen LogP contribution in [0.1, 0.15) is 44.1 Å². The zero-order chi connectivity index (χ0) is 19.4. The lowest BCUT2D eigenvalue weighted by Crippen LogP contribution is -2.42. The van der Waals surface area contributed by atoms with Crippen molar-refractivity contribution in [3.05, 3.63) is 35.9 Å². The average Bonchev–Trinajstić information content (AvgIpc) is 3.35. The fourth-order valence-electron chi connectivity index (χ4n) is 4.90. The maximum atomic E-state index is 13.6. The van der Waals surface area contributed by atoms with Crippen molar-refractivity contribution < 1.29 is 17.9 Å². The molecule has 0 spiro atoms. The Balaban J connectivity index is 1.77. The summed E-state index contributed by atoms with van der Waals surface area (Å²) in [5.74, 6) is 1.11. The summed E-state index contributed by atoms with van der Waals surface area (Å²) < 4.78 is 34.5. The number of nitrogens with zero attached hydrogens (tertiary/aromatic N) is 2. The smallest absolute Gasteiger partial charge is 0.243 e. The highest BCUT2D eigenvalue weighted by atomic mass is 32.2. The monoisotopic (exact) mass is 390 g/mol. The van der Waals surface area contributed by atoms with Crippen LogP contribution in [0.3, 0.4) is 0 Å². The highest BCUT2D eigenvalue weighted by molar-refractivity contribution is 7.89. The molecule has 3 heterocycles. The van der Waals surface area contributed by atoms with Gasteiger partial charge in [-0.05, 0) is 44.2 Å². The zero-order valence-electron chi connectivity index (χ0n) is 16.0. The first-order valence-corrected chi connectivity index (χ1v) is 10.9. The molecule has 0 amide bonds. The van der Waals surface area contributed by atoms with Crippen molar-refractivity contribution in [2.75, 3.05) is 6.61 Å². The molecule has 2 saturated heterocycles. The van der Waals surface area contributed by atoms with E-state index < -0.39 is 10.0 Å². The molecule has 2 aliphatic rings. The second-order valence-corrected chi connectivity index (χ2v) is 9.70. The minimum atomic E-state index is -3.66. The van der Waals surface area contributed by atoms with Gasteiger partial charge in [0.05, 0.1) is 17.7 Å². The molecule has 2 fully saturated rings. The van der Waals surface area contributed by atoms with Crippen molar-refractivity contribution in [2.24, 2.45) is 5.41 Å². The maximum absolute atomic E-state index is 13.6. The van der Waals surface area contributed by atoms with Crippen molar-refractivity contribution in [2.45, 2.75) is 63.4 Å². The lowest BCUT2D eigenvalue weighted by molar-refractivity contribution is 0.0849. The fourth-order valence-corrected chi connectivity index (χ4v) is 7.11. The third kappa shape index (κ3) is 2.75. The van der Waals surface area contributed by atoms with Crippen LogP contribution in [-0.2, 0) is 10.0 Å². The third-order valence-electron chi connectivity index (χ3n) is 6.46. The first-order chi connectivity index (χ1) is 12.8. The summed E-state index contributed by atoms with van der Waals surface area (Å²) in [6, 6.07) is 5.21. The number of aliphatic hydroxyl groups excluding tert-OH is 1. The van der Waals surface area contributed by atoms with Crippen LogP contribution in [0.4, 0.5) is 0 Å². The Labute approximate surface area is 160 Å². The Morgan fingerprint density at radius 2 is 2.11 bits per heavy atom. The van der Waals surface area contributed by atoms with E-state index in [4.69, 9.17) is 4.42 Å². The molecule has 2 aliphatic heterocycles. The molecule has 27 heavy (non-hydrogen) atoms. The summed E-state index contributed by atoms with van der Waals surface area (Å²) in [4.78, 5) is 4.42. The summed E-state index contributed by atoms with van der Waals surface area (Å²) in [5.41, 5.74) is 1.10. The molecule has 3 atom stereocenters. The van der Waals surface area contributed by atoms with Gasteiger partial charge in [0.2, 0.25) is 10.0 Å². The molecule has 6 nitrogen and oxygen atoms in total. The van der Waals surface area contributed by atoms with Gasteiger partial charge in [-0.25, -0.2) is 13.4 Å². The average molecular weight is 391 g/mol. The van der Waals surface area contributed by atoms with E-state index in [0.717, 1.165) is 25.7 Å². The predicted octanol–water partition coefficient (Wildman–Crippen LogP) is 3.27. The maximum Gasteiger partial charge on any atom is 0.243 e. The second-order valence-electron chi connectivity index (χ2n) is 7.88. The van der Waals surface area contributed by atoms with Crippen LogP contribution in [-0.4, -0.2) is 41.5 Å². The molecule has 0 aliphatic carbocycles. The molecule has 0 unspecified atom stereocenters. The molecule has 0 saturated carbocycles. The lowest BCUT2D eigenvalue weighted by atomic mass is 9.72. The van der Waals surface area contributed by atoms with E-state index >= 15 is 0 Å².